The first-order chi connectivity index (χ1) is 19.1. The third kappa shape index (κ3) is 5.78. The maximum atomic E-state index is 13.9. The van der Waals surface area contributed by atoms with Crippen molar-refractivity contribution in [2.75, 3.05) is 31.1 Å². The van der Waals surface area contributed by atoms with Crippen molar-refractivity contribution in [3.63, 3.8) is 0 Å². The Hall–Kier alpha value is -2.50. The summed E-state index contributed by atoms with van der Waals surface area (Å²) < 4.78 is 42.9. The van der Waals surface area contributed by atoms with Gasteiger partial charge in [0.15, 0.2) is 0 Å². The molecule has 6 rings (SSSR count). The molecule has 12 heteroatoms. The molecule has 4 heterocycles. The van der Waals surface area contributed by atoms with Gasteiger partial charge < -0.3 is 15.1 Å². The van der Waals surface area contributed by atoms with Gasteiger partial charge in [-0.05, 0) is 68.0 Å². The van der Waals surface area contributed by atoms with Crippen molar-refractivity contribution in [2.24, 2.45) is 5.92 Å². The highest BCUT2D eigenvalue weighted by Crippen LogP contribution is 2.39. The number of anilines is 1. The number of alkyl halides is 2. The first kappa shape index (κ1) is 27.7. The van der Waals surface area contributed by atoms with Crippen molar-refractivity contribution < 1.29 is 22.8 Å². The van der Waals surface area contributed by atoms with Crippen LogP contribution in [0, 0.1) is 11.7 Å². The molecule has 40 heavy (non-hydrogen) atoms. The van der Waals surface area contributed by atoms with E-state index in [1.54, 1.807) is 9.21 Å². The molecule has 2 unspecified atom stereocenters. The van der Waals surface area contributed by atoms with Crippen LogP contribution in [0.5, 0.6) is 0 Å². The Morgan fingerprint density at radius 3 is 2.48 bits per heavy atom. The number of carbonyl (C=O) groups is 2. The van der Waals surface area contributed by atoms with Crippen molar-refractivity contribution in [3.8, 4) is 0 Å². The maximum Gasteiger partial charge on any atom is 0.262 e. The van der Waals surface area contributed by atoms with Crippen LogP contribution in [0.2, 0.25) is 5.02 Å². The maximum absolute atomic E-state index is 13.9. The van der Waals surface area contributed by atoms with Crippen LogP contribution < -0.4 is 10.2 Å². The van der Waals surface area contributed by atoms with Gasteiger partial charge in [0.05, 0.1) is 29.4 Å². The quantitative estimate of drug-likeness (QED) is 0.449. The number of aromatic nitrogens is 1. The summed E-state index contributed by atoms with van der Waals surface area (Å²) in [4.78, 5) is 35.4. The van der Waals surface area contributed by atoms with Gasteiger partial charge in [-0.2, -0.15) is 0 Å². The molecule has 2 atom stereocenters. The molecule has 4 aliphatic rings. The Morgan fingerprint density at radius 2 is 1.85 bits per heavy atom. The SMILES string of the molecule is O=C(NCc1cc(SN2CCC(F)(F)C2)cc(N2C3CCC2CN(C(=O)c2ccc(F)cc2Cl)C3)n1)C1CCC1. The van der Waals surface area contributed by atoms with Gasteiger partial charge >= 0.3 is 0 Å². The van der Waals surface area contributed by atoms with Crippen molar-refractivity contribution in [1.29, 1.82) is 0 Å². The number of hydrogen-bond donors (Lipinski definition) is 1. The average molecular weight is 594 g/mol. The third-order valence-electron chi connectivity index (χ3n) is 8.32. The average Bonchev–Trinajstić information content (AvgIpc) is 3.34. The smallest absolute Gasteiger partial charge is 0.262 e. The van der Waals surface area contributed by atoms with E-state index in [0.717, 1.165) is 48.9 Å². The number of likely N-dealkylation sites (tertiary alicyclic amines) is 1. The number of piperazine rings is 1. The molecular formula is C28H31ClF3N5O2S. The van der Waals surface area contributed by atoms with Crippen LogP contribution in [0.4, 0.5) is 19.0 Å². The highest BCUT2D eigenvalue weighted by Gasteiger charge is 2.43. The number of halogens is 4. The molecule has 0 spiro atoms. The van der Waals surface area contributed by atoms with E-state index in [1.807, 2.05) is 12.1 Å². The number of benzene rings is 1. The van der Waals surface area contributed by atoms with Gasteiger partial charge in [-0.25, -0.2) is 22.5 Å². The molecular weight excluding hydrogens is 563 g/mol. The predicted molar refractivity (Wildman–Crippen MR) is 147 cm³/mol. The van der Waals surface area contributed by atoms with E-state index in [9.17, 15) is 22.8 Å². The number of rotatable bonds is 7. The highest BCUT2D eigenvalue weighted by atomic mass is 35.5. The molecule has 2 aromatic rings. The third-order valence-corrected chi connectivity index (χ3v) is 9.65. The van der Waals surface area contributed by atoms with Crippen molar-refractivity contribution in [2.45, 2.75) is 68.0 Å². The largest absolute Gasteiger partial charge is 0.350 e. The minimum atomic E-state index is -2.70. The molecule has 2 amide bonds. The predicted octanol–water partition coefficient (Wildman–Crippen LogP) is 5.13. The lowest BCUT2D eigenvalue weighted by Gasteiger charge is -2.42. The second kappa shape index (κ2) is 11.1. The second-order valence-corrected chi connectivity index (χ2v) is 12.8. The van der Waals surface area contributed by atoms with Crippen LogP contribution in [0.15, 0.2) is 35.2 Å². The number of carbonyl (C=O) groups excluding carboxylic acids is 2. The lowest BCUT2D eigenvalue weighted by molar-refractivity contribution is -0.127. The number of hydrogen-bond acceptors (Lipinski definition) is 6. The Labute approximate surface area is 240 Å². The molecule has 1 aromatic carbocycles. The normalized spacial score (nSPS) is 24.3. The molecule has 214 valence electrons. The van der Waals surface area contributed by atoms with Crippen LogP contribution in [0.25, 0.3) is 0 Å². The number of nitrogens with one attached hydrogen (secondary N) is 1. The zero-order valence-corrected chi connectivity index (χ0v) is 23.5. The van der Waals surface area contributed by atoms with E-state index in [2.05, 4.69) is 10.2 Å². The summed E-state index contributed by atoms with van der Waals surface area (Å²) in [7, 11) is 0. The van der Waals surface area contributed by atoms with Gasteiger partial charge in [0.2, 0.25) is 5.91 Å². The molecule has 4 fully saturated rings. The molecule has 3 saturated heterocycles. The van der Waals surface area contributed by atoms with Crippen LogP contribution in [0.1, 0.15) is 54.6 Å². The topological polar surface area (TPSA) is 68.8 Å². The number of nitrogens with zero attached hydrogens (tertiary/aromatic N) is 4. The molecule has 1 saturated carbocycles. The fourth-order valence-corrected chi connectivity index (χ4v) is 7.35. The van der Waals surface area contributed by atoms with Crippen LogP contribution in [0.3, 0.4) is 0 Å². The summed E-state index contributed by atoms with van der Waals surface area (Å²) >= 11 is 7.47. The first-order valence-electron chi connectivity index (χ1n) is 13.8. The Bertz CT molecular complexity index is 1300. The summed E-state index contributed by atoms with van der Waals surface area (Å²) in [6.07, 6.45) is 4.45. The van der Waals surface area contributed by atoms with Gasteiger partial charge in [-0.3, -0.25) is 9.59 Å². The lowest BCUT2D eigenvalue weighted by Crippen LogP contribution is -2.55. The van der Waals surface area contributed by atoms with Gasteiger partial charge in [0.1, 0.15) is 11.6 Å². The first-order valence-corrected chi connectivity index (χ1v) is 14.9. The summed E-state index contributed by atoms with van der Waals surface area (Å²) in [6.45, 7) is 1.19. The molecule has 2 bridgehead atoms. The van der Waals surface area contributed by atoms with Crippen LogP contribution >= 0.6 is 23.5 Å². The van der Waals surface area contributed by atoms with E-state index in [1.165, 1.54) is 24.1 Å². The Balaban J connectivity index is 1.22. The van der Waals surface area contributed by atoms with E-state index in [0.29, 0.717) is 25.3 Å². The number of pyridine rings is 1. The Morgan fingerprint density at radius 1 is 1.10 bits per heavy atom. The van der Waals surface area contributed by atoms with E-state index < -0.39 is 11.7 Å². The molecule has 1 N–H and O–H groups in total. The number of amides is 2. The van der Waals surface area contributed by atoms with Gasteiger partial charge in [0, 0.05) is 49.0 Å². The van der Waals surface area contributed by atoms with Crippen molar-refractivity contribution >= 4 is 41.2 Å². The summed E-state index contributed by atoms with van der Waals surface area (Å²) in [5.74, 6) is -2.61. The zero-order chi connectivity index (χ0) is 28.0. The molecule has 3 aliphatic heterocycles. The molecule has 1 aliphatic carbocycles. The van der Waals surface area contributed by atoms with E-state index in [-0.39, 0.29) is 59.9 Å². The summed E-state index contributed by atoms with van der Waals surface area (Å²) in [5.41, 5.74) is 0.953. The highest BCUT2D eigenvalue weighted by molar-refractivity contribution is 7.97. The minimum Gasteiger partial charge on any atom is -0.350 e. The van der Waals surface area contributed by atoms with Crippen LogP contribution in [-0.2, 0) is 11.3 Å². The zero-order valence-electron chi connectivity index (χ0n) is 21.9. The van der Waals surface area contributed by atoms with E-state index >= 15 is 0 Å². The van der Waals surface area contributed by atoms with Gasteiger partial charge in [-0.15, -0.1) is 0 Å². The van der Waals surface area contributed by atoms with Crippen molar-refractivity contribution in [3.05, 3.63) is 52.4 Å². The van der Waals surface area contributed by atoms with Crippen LogP contribution in [-0.4, -0.2) is 70.2 Å². The fourth-order valence-electron chi connectivity index (χ4n) is 6.02. The molecule has 1 aromatic heterocycles. The monoisotopic (exact) mass is 593 g/mol. The standard InChI is InChI=1S/C28H31ClF3N5O2S/c29-24-10-18(30)4-7-23(24)27(39)35-14-20-5-6-21(15-35)37(20)25-12-22(40-36-9-8-28(31,32)16-36)11-19(34-25)13-33-26(38)17-2-1-3-17/h4,7,10-12,17,20-21H,1-3,5-6,8-9,13-16H2,(H,33,38). The molecule has 7 nitrogen and oxygen atoms in total. The van der Waals surface area contributed by atoms with E-state index in [4.69, 9.17) is 16.6 Å². The summed E-state index contributed by atoms with van der Waals surface area (Å²) in [5, 5.41) is 3.09. The minimum absolute atomic E-state index is 0.0169. The Kier molecular flexibility index (Phi) is 7.65. The molecule has 0 radical (unpaired) electrons. The summed E-state index contributed by atoms with van der Waals surface area (Å²) in [6, 6.07) is 7.63. The lowest BCUT2D eigenvalue weighted by atomic mass is 9.85. The van der Waals surface area contributed by atoms with Crippen molar-refractivity contribution in [1.82, 2.24) is 19.5 Å². The van der Waals surface area contributed by atoms with Gasteiger partial charge in [0.25, 0.3) is 11.8 Å². The number of fused-ring (bicyclic) bond motifs is 2. The second-order valence-electron chi connectivity index (χ2n) is 11.2. The van der Waals surface area contributed by atoms with Gasteiger partial charge in [-0.1, -0.05) is 18.0 Å². The fraction of sp³-hybridized carbons (Fsp3) is 0.536.